The summed E-state index contributed by atoms with van der Waals surface area (Å²) in [6, 6.07) is 16.9. The second kappa shape index (κ2) is 8.83. The maximum absolute atomic E-state index is 13.7. The van der Waals surface area contributed by atoms with Gasteiger partial charge in [0.25, 0.3) is 5.91 Å². The van der Waals surface area contributed by atoms with E-state index in [1.54, 1.807) is 36.3 Å². The van der Waals surface area contributed by atoms with Gasteiger partial charge in [-0.2, -0.15) is 0 Å². The van der Waals surface area contributed by atoms with Crippen LogP contribution in [0.3, 0.4) is 0 Å². The van der Waals surface area contributed by atoms with E-state index >= 15 is 0 Å². The number of fused-ring (bicyclic) bond motifs is 2. The molecule has 1 N–H and O–H groups in total. The fourth-order valence-corrected chi connectivity index (χ4v) is 4.54. The first-order chi connectivity index (χ1) is 16.9. The molecule has 1 aliphatic rings. The maximum atomic E-state index is 13.7. The fraction of sp³-hybridized carbons (Fsp3) is 0.214. The Morgan fingerprint density at radius 2 is 1.80 bits per heavy atom. The van der Waals surface area contributed by atoms with Crippen molar-refractivity contribution in [3.05, 3.63) is 98.9 Å². The van der Waals surface area contributed by atoms with E-state index in [-0.39, 0.29) is 40.7 Å². The van der Waals surface area contributed by atoms with Gasteiger partial charge in [0, 0.05) is 6.54 Å². The van der Waals surface area contributed by atoms with Gasteiger partial charge < -0.3 is 23.9 Å². The molecule has 5 rings (SSSR count). The highest BCUT2D eigenvalue weighted by atomic mass is 16.5. The Labute approximate surface area is 202 Å². The Kier molecular flexibility index (Phi) is 5.68. The molecular weight excluding hydrogens is 446 g/mol. The molecule has 1 amide bonds. The molecule has 0 spiro atoms. The fourth-order valence-electron chi connectivity index (χ4n) is 4.54. The number of phenols is 1. The van der Waals surface area contributed by atoms with E-state index in [1.807, 2.05) is 44.2 Å². The minimum atomic E-state index is -0.708. The molecule has 1 aliphatic heterocycles. The van der Waals surface area contributed by atoms with Crippen LogP contribution in [0.4, 0.5) is 0 Å². The molecule has 3 aromatic carbocycles. The lowest BCUT2D eigenvalue weighted by Crippen LogP contribution is -2.29. The zero-order valence-electron chi connectivity index (χ0n) is 19.7. The second-order valence-electron chi connectivity index (χ2n) is 8.52. The van der Waals surface area contributed by atoms with Crippen LogP contribution in [0.15, 0.2) is 69.9 Å². The summed E-state index contributed by atoms with van der Waals surface area (Å²) in [7, 11) is 1.59. The number of phenolic OH excluding ortho intramolecular Hbond substituents is 1. The third-order valence-electron chi connectivity index (χ3n) is 6.23. The molecule has 0 unspecified atom stereocenters. The van der Waals surface area contributed by atoms with E-state index < -0.39 is 6.04 Å². The first kappa shape index (κ1) is 22.5. The smallest absolute Gasteiger partial charge is 0.291 e. The van der Waals surface area contributed by atoms with Crippen molar-refractivity contribution in [1.82, 2.24) is 4.90 Å². The number of hydrogen-bond donors (Lipinski definition) is 1. The maximum Gasteiger partial charge on any atom is 0.291 e. The van der Waals surface area contributed by atoms with Gasteiger partial charge in [0.1, 0.15) is 11.3 Å². The molecule has 1 aromatic heterocycles. The molecule has 0 saturated carbocycles. The number of aryl methyl sites for hydroxylation is 1. The SMILES string of the molecule is CCOc1cc([C@H]2c3c(oc4ccc(C)cc4c3=O)C(=O)N2Cc2ccc(OC)cc2)ccc1O. The lowest BCUT2D eigenvalue weighted by molar-refractivity contribution is 0.0714. The van der Waals surface area contributed by atoms with E-state index in [2.05, 4.69) is 0 Å². The van der Waals surface area contributed by atoms with Gasteiger partial charge in [-0.15, -0.1) is 0 Å². The first-order valence-electron chi connectivity index (χ1n) is 11.4. The van der Waals surface area contributed by atoms with Gasteiger partial charge in [0.15, 0.2) is 16.9 Å². The van der Waals surface area contributed by atoms with Gasteiger partial charge in [-0.25, -0.2) is 0 Å². The van der Waals surface area contributed by atoms with Crippen LogP contribution < -0.4 is 14.9 Å². The van der Waals surface area contributed by atoms with Crippen LogP contribution in [-0.2, 0) is 6.54 Å². The monoisotopic (exact) mass is 471 g/mol. The van der Waals surface area contributed by atoms with Crippen LogP contribution in [0.5, 0.6) is 17.2 Å². The first-order valence-corrected chi connectivity index (χ1v) is 11.4. The largest absolute Gasteiger partial charge is 0.504 e. The molecule has 0 fully saturated rings. The standard InChI is InChI=1S/C28H25NO6/c1-4-34-23-14-18(8-11-21(23)30)25-24-26(31)20-13-16(2)5-12-22(20)35-27(24)28(32)29(25)15-17-6-9-19(33-3)10-7-17/h5-14,25,30H,4,15H2,1-3H3/t25-/m0/s1. The normalized spacial score (nSPS) is 14.9. The number of hydrogen-bond acceptors (Lipinski definition) is 6. The Morgan fingerprint density at radius 1 is 1.03 bits per heavy atom. The van der Waals surface area contributed by atoms with Gasteiger partial charge >= 0.3 is 0 Å². The number of amides is 1. The van der Waals surface area contributed by atoms with Crippen LogP contribution in [0, 0.1) is 6.92 Å². The second-order valence-corrected chi connectivity index (χ2v) is 8.52. The third-order valence-corrected chi connectivity index (χ3v) is 6.23. The van der Waals surface area contributed by atoms with Gasteiger partial charge in [-0.05, 0) is 61.4 Å². The molecular formula is C28H25NO6. The highest BCUT2D eigenvalue weighted by Gasteiger charge is 2.43. The van der Waals surface area contributed by atoms with Crippen molar-refractivity contribution in [2.24, 2.45) is 0 Å². The van der Waals surface area contributed by atoms with E-state index in [0.29, 0.717) is 28.9 Å². The molecule has 0 saturated heterocycles. The van der Waals surface area contributed by atoms with Gasteiger partial charge in [-0.1, -0.05) is 29.8 Å². The van der Waals surface area contributed by atoms with E-state index in [0.717, 1.165) is 11.1 Å². The van der Waals surface area contributed by atoms with Crippen molar-refractivity contribution >= 4 is 16.9 Å². The van der Waals surface area contributed by atoms with E-state index in [9.17, 15) is 14.7 Å². The number of methoxy groups -OCH3 is 1. The van der Waals surface area contributed by atoms with Crippen LogP contribution in [0.2, 0.25) is 0 Å². The Hall–Kier alpha value is -4.26. The lowest BCUT2D eigenvalue weighted by Gasteiger charge is -2.26. The van der Waals surface area contributed by atoms with Crippen molar-refractivity contribution < 1.29 is 23.8 Å². The van der Waals surface area contributed by atoms with Crippen molar-refractivity contribution in [2.75, 3.05) is 13.7 Å². The molecule has 0 aliphatic carbocycles. The number of rotatable bonds is 6. The molecule has 0 radical (unpaired) electrons. The summed E-state index contributed by atoms with van der Waals surface area (Å²) in [6.45, 7) is 4.33. The molecule has 2 heterocycles. The Bertz CT molecular complexity index is 1490. The summed E-state index contributed by atoms with van der Waals surface area (Å²) in [5, 5.41) is 10.7. The average molecular weight is 472 g/mol. The summed E-state index contributed by atoms with van der Waals surface area (Å²) in [4.78, 5) is 29.0. The highest BCUT2D eigenvalue weighted by Crippen LogP contribution is 2.41. The highest BCUT2D eigenvalue weighted by molar-refractivity contribution is 5.99. The summed E-state index contributed by atoms with van der Waals surface area (Å²) in [5.74, 6) is 0.654. The van der Waals surface area contributed by atoms with Crippen LogP contribution in [-0.4, -0.2) is 29.6 Å². The number of aromatic hydroxyl groups is 1. The molecule has 178 valence electrons. The topological polar surface area (TPSA) is 89.2 Å². The zero-order valence-corrected chi connectivity index (χ0v) is 19.7. The summed E-state index contributed by atoms with van der Waals surface area (Å²) in [5.41, 5.74) is 2.85. The molecule has 4 aromatic rings. The number of nitrogens with zero attached hydrogens (tertiary/aromatic N) is 1. The minimum absolute atomic E-state index is 0.0111. The molecule has 7 nitrogen and oxygen atoms in total. The molecule has 1 atom stereocenters. The van der Waals surface area contributed by atoms with Crippen LogP contribution >= 0.6 is 0 Å². The summed E-state index contributed by atoms with van der Waals surface area (Å²) >= 11 is 0. The van der Waals surface area contributed by atoms with Crippen molar-refractivity contribution in [3.63, 3.8) is 0 Å². The Morgan fingerprint density at radius 3 is 2.51 bits per heavy atom. The number of ether oxygens (including phenoxy) is 2. The number of benzene rings is 3. The number of carbonyl (C=O) groups is 1. The average Bonchev–Trinajstić information content (AvgIpc) is 3.13. The quantitative estimate of drug-likeness (QED) is 0.428. The van der Waals surface area contributed by atoms with Crippen molar-refractivity contribution in [1.29, 1.82) is 0 Å². The van der Waals surface area contributed by atoms with Crippen molar-refractivity contribution in [3.8, 4) is 17.2 Å². The predicted octanol–water partition coefficient (Wildman–Crippen LogP) is 4.96. The van der Waals surface area contributed by atoms with E-state index in [1.165, 1.54) is 6.07 Å². The molecule has 35 heavy (non-hydrogen) atoms. The van der Waals surface area contributed by atoms with Crippen molar-refractivity contribution in [2.45, 2.75) is 26.4 Å². The van der Waals surface area contributed by atoms with Gasteiger partial charge in [0.05, 0.1) is 30.7 Å². The zero-order chi connectivity index (χ0) is 24.7. The predicted molar refractivity (Wildman–Crippen MR) is 131 cm³/mol. The van der Waals surface area contributed by atoms with Crippen LogP contribution in [0.1, 0.15) is 45.8 Å². The van der Waals surface area contributed by atoms with Gasteiger partial charge in [-0.3, -0.25) is 9.59 Å². The lowest BCUT2D eigenvalue weighted by atomic mass is 9.97. The Balaban J connectivity index is 1.70. The third kappa shape index (κ3) is 3.89. The summed E-state index contributed by atoms with van der Waals surface area (Å²) < 4.78 is 16.8. The van der Waals surface area contributed by atoms with E-state index in [4.69, 9.17) is 13.9 Å². The number of carbonyl (C=O) groups excluding carboxylic acids is 1. The molecule has 0 bridgehead atoms. The minimum Gasteiger partial charge on any atom is -0.504 e. The van der Waals surface area contributed by atoms with Crippen LogP contribution in [0.25, 0.3) is 11.0 Å². The molecule has 7 heteroatoms. The van der Waals surface area contributed by atoms with Gasteiger partial charge in [0.2, 0.25) is 5.76 Å². The summed E-state index contributed by atoms with van der Waals surface area (Å²) in [6.07, 6.45) is 0.